The predicted octanol–water partition coefficient (Wildman–Crippen LogP) is 22.3. The molecule has 3 N–H and O–H groups in total. The standard InChI is InChI=1S/C71H135NO5/c1-3-5-7-9-11-13-15-17-19-37-41-45-49-53-57-61-65-71(76)77-66-62-58-54-50-46-42-38-34-32-30-28-26-24-22-20-21-23-25-27-29-31-33-36-40-44-48-52-56-60-64-70(75)72-68(67-73)69(74)63-59-55-51-47-43-39-35-18-16-14-12-10-8-6-4-2/h19-20,22,37,59,63,68-69,73-74H,3-18,21,23-36,38-58,60-62,64-67H2,1-2H3,(H,72,75)/b22-20-,37-19-,63-59+. The lowest BCUT2D eigenvalue weighted by Crippen LogP contribution is -2.45. The van der Waals surface area contributed by atoms with Gasteiger partial charge in [-0.25, -0.2) is 0 Å². The van der Waals surface area contributed by atoms with Crippen molar-refractivity contribution in [3.63, 3.8) is 0 Å². The van der Waals surface area contributed by atoms with Gasteiger partial charge in [0.25, 0.3) is 0 Å². The van der Waals surface area contributed by atoms with Crippen LogP contribution in [0.4, 0.5) is 0 Å². The number of nitrogens with one attached hydrogen (secondary N) is 1. The minimum absolute atomic E-state index is 0.00909. The highest BCUT2D eigenvalue weighted by Crippen LogP contribution is 2.18. The molecule has 0 aromatic rings. The number of amides is 1. The summed E-state index contributed by atoms with van der Waals surface area (Å²) in [6, 6.07) is -0.627. The van der Waals surface area contributed by atoms with Gasteiger partial charge in [-0.1, -0.05) is 320 Å². The third-order valence-electron chi connectivity index (χ3n) is 16.1. The first-order valence-corrected chi connectivity index (χ1v) is 34.8. The summed E-state index contributed by atoms with van der Waals surface area (Å²) in [5.74, 6) is -0.0562. The highest BCUT2D eigenvalue weighted by molar-refractivity contribution is 5.76. The van der Waals surface area contributed by atoms with Crippen molar-refractivity contribution in [1.82, 2.24) is 5.32 Å². The van der Waals surface area contributed by atoms with Gasteiger partial charge in [-0.05, 0) is 83.5 Å². The molecule has 454 valence electrons. The third-order valence-corrected chi connectivity index (χ3v) is 16.1. The van der Waals surface area contributed by atoms with Gasteiger partial charge in [-0.2, -0.15) is 0 Å². The van der Waals surface area contributed by atoms with E-state index in [0.717, 1.165) is 44.9 Å². The van der Waals surface area contributed by atoms with Gasteiger partial charge in [0, 0.05) is 12.8 Å². The molecule has 0 bridgehead atoms. The van der Waals surface area contributed by atoms with Gasteiger partial charge < -0.3 is 20.3 Å². The van der Waals surface area contributed by atoms with E-state index in [4.69, 9.17) is 4.74 Å². The van der Waals surface area contributed by atoms with Crippen molar-refractivity contribution in [1.29, 1.82) is 0 Å². The Labute approximate surface area is 481 Å². The van der Waals surface area contributed by atoms with Crippen LogP contribution in [0.15, 0.2) is 36.5 Å². The Morgan fingerprint density at radius 3 is 0.922 bits per heavy atom. The van der Waals surface area contributed by atoms with Crippen LogP contribution in [0.3, 0.4) is 0 Å². The van der Waals surface area contributed by atoms with Crippen LogP contribution >= 0.6 is 0 Å². The molecule has 0 spiro atoms. The Hall–Kier alpha value is -1.92. The summed E-state index contributed by atoms with van der Waals surface area (Å²) in [5, 5.41) is 23.2. The highest BCUT2D eigenvalue weighted by Gasteiger charge is 2.18. The molecule has 0 saturated heterocycles. The van der Waals surface area contributed by atoms with Crippen molar-refractivity contribution in [2.45, 2.75) is 392 Å². The summed E-state index contributed by atoms with van der Waals surface area (Å²) < 4.78 is 5.49. The number of hydrogen-bond acceptors (Lipinski definition) is 5. The molecule has 0 saturated carbocycles. The molecule has 0 rings (SSSR count). The molecule has 77 heavy (non-hydrogen) atoms. The van der Waals surface area contributed by atoms with Crippen molar-refractivity contribution in [3.8, 4) is 0 Å². The summed E-state index contributed by atoms with van der Waals surface area (Å²) in [4.78, 5) is 24.6. The maximum atomic E-state index is 12.5. The Morgan fingerprint density at radius 2 is 0.610 bits per heavy atom. The minimum atomic E-state index is -0.844. The van der Waals surface area contributed by atoms with Crippen LogP contribution in [-0.4, -0.2) is 47.4 Å². The quantitative estimate of drug-likeness (QED) is 0.0320. The van der Waals surface area contributed by atoms with Crippen LogP contribution in [0.1, 0.15) is 380 Å². The van der Waals surface area contributed by atoms with Gasteiger partial charge in [0.2, 0.25) is 5.91 Å². The topological polar surface area (TPSA) is 95.9 Å². The summed E-state index contributed by atoms with van der Waals surface area (Å²) in [5.41, 5.74) is 0. The molecule has 6 nitrogen and oxygen atoms in total. The van der Waals surface area contributed by atoms with E-state index in [2.05, 4.69) is 43.5 Å². The maximum absolute atomic E-state index is 12.5. The molecule has 0 radical (unpaired) electrons. The van der Waals surface area contributed by atoms with Crippen LogP contribution in [-0.2, 0) is 14.3 Å². The molecule has 1 amide bonds. The number of aliphatic hydroxyl groups is 2. The van der Waals surface area contributed by atoms with Crippen LogP contribution in [0.5, 0.6) is 0 Å². The second-order valence-corrected chi connectivity index (χ2v) is 23.9. The zero-order valence-electron chi connectivity index (χ0n) is 52.0. The Kier molecular flexibility index (Phi) is 64.9. The van der Waals surface area contributed by atoms with Gasteiger partial charge in [0.1, 0.15) is 0 Å². The fourth-order valence-electron chi connectivity index (χ4n) is 10.8. The third kappa shape index (κ3) is 63.1. The van der Waals surface area contributed by atoms with Gasteiger partial charge in [-0.3, -0.25) is 9.59 Å². The molecule has 0 fully saturated rings. The van der Waals surface area contributed by atoms with E-state index in [1.165, 1.54) is 308 Å². The number of hydrogen-bond donors (Lipinski definition) is 3. The smallest absolute Gasteiger partial charge is 0.305 e. The van der Waals surface area contributed by atoms with E-state index in [0.29, 0.717) is 19.4 Å². The van der Waals surface area contributed by atoms with E-state index in [1.807, 2.05) is 6.08 Å². The number of ether oxygens (including phenoxy) is 1. The number of unbranched alkanes of at least 4 members (excludes halogenated alkanes) is 50. The lowest BCUT2D eigenvalue weighted by atomic mass is 10.0. The molecule has 0 aliphatic rings. The van der Waals surface area contributed by atoms with Crippen molar-refractivity contribution < 1.29 is 24.5 Å². The van der Waals surface area contributed by atoms with Crippen LogP contribution in [0.2, 0.25) is 0 Å². The van der Waals surface area contributed by atoms with E-state index in [-0.39, 0.29) is 18.5 Å². The number of carbonyl (C=O) groups excluding carboxylic acids is 2. The molecule has 0 aromatic carbocycles. The maximum Gasteiger partial charge on any atom is 0.305 e. The van der Waals surface area contributed by atoms with Gasteiger partial charge in [0.05, 0.1) is 25.4 Å². The average Bonchev–Trinajstić information content (AvgIpc) is 3.43. The summed E-state index contributed by atoms with van der Waals surface area (Å²) >= 11 is 0. The number of carbonyl (C=O) groups is 2. The average molecular weight is 1080 g/mol. The largest absolute Gasteiger partial charge is 0.466 e. The lowest BCUT2D eigenvalue weighted by Gasteiger charge is -2.20. The molecular weight excluding hydrogens is 947 g/mol. The Bertz CT molecular complexity index is 1250. The number of esters is 1. The molecule has 0 aromatic heterocycles. The Morgan fingerprint density at radius 1 is 0.351 bits per heavy atom. The first kappa shape index (κ1) is 75.1. The predicted molar refractivity (Wildman–Crippen MR) is 338 cm³/mol. The Balaban J connectivity index is 3.38. The number of rotatable bonds is 65. The zero-order chi connectivity index (χ0) is 55.7. The molecule has 2 atom stereocenters. The van der Waals surface area contributed by atoms with Crippen LogP contribution in [0.25, 0.3) is 0 Å². The lowest BCUT2D eigenvalue weighted by molar-refractivity contribution is -0.143. The summed E-state index contributed by atoms with van der Waals surface area (Å²) in [6.07, 6.45) is 85.1. The van der Waals surface area contributed by atoms with Crippen molar-refractivity contribution in [2.24, 2.45) is 0 Å². The SMILES string of the molecule is CCCCCCCCC/C=C\CCCCCCCC(=O)OCCCCCCCCCCCCCC/C=C\CCCCCCCCCCCCCCCC(=O)NC(CO)C(O)/C=C/CCCCCCCCCCCCCCC. The molecule has 0 aliphatic heterocycles. The summed E-state index contributed by atoms with van der Waals surface area (Å²) in [6.45, 7) is 4.92. The van der Waals surface area contributed by atoms with E-state index >= 15 is 0 Å². The molecule has 0 heterocycles. The van der Waals surface area contributed by atoms with Crippen molar-refractivity contribution in [2.75, 3.05) is 13.2 Å². The van der Waals surface area contributed by atoms with Crippen LogP contribution in [0, 0.1) is 0 Å². The van der Waals surface area contributed by atoms with Gasteiger partial charge >= 0.3 is 5.97 Å². The van der Waals surface area contributed by atoms with E-state index in [9.17, 15) is 19.8 Å². The van der Waals surface area contributed by atoms with Crippen molar-refractivity contribution >= 4 is 11.9 Å². The van der Waals surface area contributed by atoms with E-state index < -0.39 is 12.1 Å². The molecule has 2 unspecified atom stereocenters. The molecule has 6 heteroatoms. The summed E-state index contributed by atoms with van der Waals surface area (Å²) in [7, 11) is 0. The monoisotopic (exact) mass is 1080 g/mol. The fraction of sp³-hybridized carbons (Fsp3) is 0.887. The number of allylic oxidation sites excluding steroid dienone is 5. The first-order valence-electron chi connectivity index (χ1n) is 34.8. The second-order valence-electron chi connectivity index (χ2n) is 23.9. The van der Waals surface area contributed by atoms with Crippen molar-refractivity contribution in [3.05, 3.63) is 36.5 Å². The number of aliphatic hydroxyl groups excluding tert-OH is 2. The molecular formula is C71H135NO5. The van der Waals surface area contributed by atoms with E-state index in [1.54, 1.807) is 6.08 Å². The highest BCUT2D eigenvalue weighted by atomic mass is 16.5. The normalized spacial score (nSPS) is 12.7. The first-order chi connectivity index (χ1) is 38.0. The minimum Gasteiger partial charge on any atom is -0.466 e. The molecule has 0 aliphatic carbocycles. The second kappa shape index (κ2) is 66.6. The van der Waals surface area contributed by atoms with Gasteiger partial charge in [-0.15, -0.1) is 0 Å². The zero-order valence-corrected chi connectivity index (χ0v) is 52.0. The van der Waals surface area contributed by atoms with Gasteiger partial charge in [0.15, 0.2) is 0 Å². The van der Waals surface area contributed by atoms with Crippen LogP contribution < -0.4 is 5.32 Å². The fourth-order valence-corrected chi connectivity index (χ4v) is 10.8.